The Bertz CT molecular complexity index is 478. The maximum Gasteiger partial charge on any atom is 0.170 e. The van der Waals surface area contributed by atoms with Crippen molar-refractivity contribution in [1.82, 2.24) is 4.90 Å². The molecule has 0 amide bonds. The first kappa shape index (κ1) is 17.0. The number of hydrogen-bond acceptors (Lipinski definition) is 4. The summed E-state index contributed by atoms with van der Waals surface area (Å²) in [5.41, 5.74) is 1.28. The third-order valence-electron chi connectivity index (χ3n) is 4.21. The van der Waals surface area contributed by atoms with Crippen molar-refractivity contribution in [3.63, 3.8) is 0 Å². The third-order valence-corrected chi connectivity index (χ3v) is 4.21. The molecule has 0 N–H and O–H groups in total. The maximum atomic E-state index is 9.17. The normalized spacial score (nSPS) is 21.4. The Kier molecular flexibility index (Phi) is 6.38. The lowest BCUT2D eigenvalue weighted by Gasteiger charge is -2.45. The van der Waals surface area contributed by atoms with Gasteiger partial charge in [0.05, 0.1) is 12.5 Å². The molecule has 4 nitrogen and oxygen atoms in total. The van der Waals surface area contributed by atoms with Gasteiger partial charge in [0.1, 0.15) is 0 Å². The fourth-order valence-corrected chi connectivity index (χ4v) is 3.25. The Morgan fingerprint density at radius 3 is 2.50 bits per heavy atom. The molecule has 120 valence electrons. The summed E-state index contributed by atoms with van der Waals surface area (Å²) >= 11 is 0. The predicted octanol–water partition coefficient (Wildman–Crippen LogP) is 3.33. The summed E-state index contributed by atoms with van der Waals surface area (Å²) in [7, 11) is 0. The molecule has 0 bridgehead atoms. The highest BCUT2D eigenvalue weighted by Gasteiger charge is 2.41. The quantitative estimate of drug-likeness (QED) is 0.725. The zero-order valence-corrected chi connectivity index (χ0v) is 13.6. The van der Waals surface area contributed by atoms with Gasteiger partial charge < -0.3 is 9.47 Å². The molecule has 1 heterocycles. The molecule has 4 heteroatoms. The molecular formula is C18H26N2O2. The summed E-state index contributed by atoms with van der Waals surface area (Å²) in [6, 6.07) is 12.9. The third kappa shape index (κ3) is 4.30. The van der Waals surface area contributed by atoms with Crippen LogP contribution in [0.5, 0.6) is 0 Å². The Morgan fingerprint density at radius 2 is 1.91 bits per heavy atom. The Morgan fingerprint density at radius 1 is 1.23 bits per heavy atom. The van der Waals surface area contributed by atoms with Crippen LogP contribution in [0.25, 0.3) is 0 Å². The Labute approximate surface area is 133 Å². The smallest absolute Gasteiger partial charge is 0.170 e. The Hall–Kier alpha value is -1.41. The van der Waals surface area contributed by atoms with Gasteiger partial charge in [-0.25, -0.2) is 0 Å². The maximum absolute atomic E-state index is 9.17. The van der Waals surface area contributed by atoms with Gasteiger partial charge in [-0.05, 0) is 19.4 Å². The topological polar surface area (TPSA) is 45.5 Å². The van der Waals surface area contributed by atoms with Gasteiger partial charge in [0.2, 0.25) is 0 Å². The average molecular weight is 302 g/mol. The summed E-state index contributed by atoms with van der Waals surface area (Å²) in [5.74, 6) is -0.516. The largest absolute Gasteiger partial charge is 0.350 e. The van der Waals surface area contributed by atoms with Crippen LogP contribution in [-0.4, -0.2) is 36.5 Å². The standard InChI is InChI=1S/C18H26N2O2/c1-3-21-18(22-4-2)11-13-20(17(14-18)10-12-19)15-16-8-6-5-7-9-16/h5-9,17H,3-4,10-11,13-15H2,1-2H3/t17-/m1/s1. The molecule has 0 saturated carbocycles. The first-order valence-electron chi connectivity index (χ1n) is 8.16. The van der Waals surface area contributed by atoms with Gasteiger partial charge in [0, 0.05) is 45.2 Å². The molecule has 1 aliphatic heterocycles. The van der Waals surface area contributed by atoms with Crippen LogP contribution in [0.15, 0.2) is 30.3 Å². The molecule has 1 aliphatic rings. The highest BCUT2D eigenvalue weighted by atomic mass is 16.7. The number of nitrogens with zero attached hydrogens (tertiary/aromatic N) is 2. The van der Waals surface area contributed by atoms with Crippen LogP contribution in [0.2, 0.25) is 0 Å². The molecular weight excluding hydrogens is 276 g/mol. The van der Waals surface area contributed by atoms with Crippen LogP contribution in [0.1, 0.15) is 38.7 Å². The van der Waals surface area contributed by atoms with Crippen molar-refractivity contribution < 1.29 is 9.47 Å². The fourth-order valence-electron chi connectivity index (χ4n) is 3.25. The van der Waals surface area contributed by atoms with Crippen molar-refractivity contribution >= 4 is 0 Å². The van der Waals surface area contributed by atoms with Crippen molar-refractivity contribution in [2.75, 3.05) is 19.8 Å². The molecule has 1 aromatic carbocycles. The van der Waals surface area contributed by atoms with Crippen LogP contribution in [0.4, 0.5) is 0 Å². The van der Waals surface area contributed by atoms with E-state index >= 15 is 0 Å². The van der Waals surface area contributed by atoms with Crippen LogP contribution in [0.3, 0.4) is 0 Å². The van der Waals surface area contributed by atoms with E-state index in [0.29, 0.717) is 19.6 Å². The monoisotopic (exact) mass is 302 g/mol. The number of hydrogen-bond donors (Lipinski definition) is 0. The zero-order valence-electron chi connectivity index (χ0n) is 13.6. The molecule has 0 aromatic heterocycles. The molecule has 1 saturated heterocycles. The number of ether oxygens (including phenoxy) is 2. The van der Waals surface area contributed by atoms with Crippen LogP contribution in [0, 0.1) is 11.3 Å². The van der Waals surface area contributed by atoms with E-state index < -0.39 is 5.79 Å². The summed E-state index contributed by atoms with van der Waals surface area (Å²) in [6.07, 6.45) is 2.12. The zero-order chi connectivity index (χ0) is 15.8. The minimum atomic E-state index is -0.516. The molecule has 2 rings (SSSR count). The van der Waals surface area contributed by atoms with Gasteiger partial charge in [0.25, 0.3) is 0 Å². The van der Waals surface area contributed by atoms with E-state index in [1.807, 2.05) is 19.9 Å². The number of likely N-dealkylation sites (tertiary alicyclic amines) is 1. The first-order valence-corrected chi connectivity index (χ1v) is 8.16. The SMILES string of the molecule is CCOC1(OCC)CCN(Cc2ccccc2)[C@H](CC#N)C1. The number of piperidine rings is 1. The second kappa shape index (κ2) is 8.28. The molecule has 0 radical (unpaired) electrons. The molecule has 1 atom stereocenters. The fraction of sp³-hybridized carbons (Fsp3) is 0.611. The van der Waals surface area contributed by atoms with Crippen LogP contribution >= 0.6 is 0 Å². The van der Waals surface area contributed by atoms with E-state index in [4.69, 9.17) is 9.47 Å². The van der Waals surface area contributed by atoms with Gasteiger partial charge >= 0.3 is 0 Å². The molecule has 1 fully saturated rings. The van der Waals surface area contributed by atoms with Gasteiger partial charge in [0.15, 0.2) is 5.79 Å². The van der Waals surface area contributed by atoms with E-state index in [2.05, 4.69) is 35.2 Å². The van der Waals surface area contributed by atoms with E-state index in [1.165, 1.54) is 5.56 Å². The first-order chi connectivity index (χ1) is 10.7. The highest BCUT2D eigenvalue weighted by molar-refractivity contribution is 5.15. The summed E-state index contributed by atoms with van der Waals surface area (Å²) in [6.45, 7) is 7.03. The van der Waals surface area contributed by atoms with Crippen molar-refractivity contribution in [2.24, 2.45) is 0 Å². The molecule has 0 unspecified atom stereocenters. The van der Waals surface area contributed by atoms with Crippen LogP contribution < -0.4 is 0 Å². The summed E-state index contributed by atoms with van der Waals surface area (Å²) < 4.78 is 11.9. The number of benzene rings is 1. The lowest BCUT2D eigenvalue weighted by Crippen LogP contribution is -2.52. The Balaban J connectivity index is 2.08. The second-order valence-electron chi connectivity index (χ2n) is 5.70. The number of nitriles is 1. The molecule has 0 spiro atoms. The summed E-state index contributed by atoms with van der Waals surface area (Å²) in [5, 5.41) is 9.17. The van der Waals surface area contributed by atoms with E-state index in [1.54, 1.807) is 0 Å². The van der Waals surface area contributed by atoms with Gasteiger partial charge in [-0.15, -0.1) is 0 Å². The average Bonchev–Trinajstić information content (AvgIpc) is 2.52. The summed E-state index contributed by atoms with van der Waals surface area (Å²) in [4.78, 5) is 2.38. The molecule has 0 aliphatic carbocycles. The van der Waals surface area contributed by atoms with Crippen molar-refractivity contribution in [3.05, 3.63) is 35.9 Å². The van der Waals surface area contributed by atoms with Gasteiger partial charge in [-0.3, -0.25) is 4.90 Å². The lowest BCUT2D eigenvalue weighted by atomic mass is 9.93. The van der Waals surface area contributed by atoms with E-state index in [-0.39, 0.29) is 6.04 Å². The second-order valence-corrected chi connectivity index (χ2v) is 5.70. The minimum Gasteiger partial charge on any atom is -0.350 e. The molecule has 22 heavy (non-hydrogen) atoms. The lowest BCUT2D eigenvalue weighted by molar-refractivity contribution is -0.261. The van der Waals surface area contributed by atoms with Crippen molar-refractivity contribution in [3.8, 4) is 6.07 Å². The minimum absolute atomic E-state index is 0.178. The van der Waals surface area contributed by atoms with E-state index in [9.17, 15) is 5.26 Å². The predicted molar refractivity (Wildman–Crippen MR) is 86.1 cm³/mol. The van der Waals surface area contributed by atoms with Gasteiger partial charge in [-0.1, -0.05) is 30.3 Å². The highest BCUT2D eigenvalue weighted by Crippen LogP contribution is 2.33. The van der Waals surface area contributed by atoms with Crippen molar-refractivity contribution in [1.29, 1.82) is 5.26 Å². The van der Waals surface area contributed by atoms with Crippen LogP contribution in [-0.2, 0) is 16.0 Å². The van der Waals surface area contributed by atoms with Crippen molar-refractivity contribution in [2.45, 2.75) is 51.5 Å². The van der Waals surface area contributed by atoms with Gasteiger partial charge in [-0.2, -0.15) is 5.26 Å². The molecule has 1 aromatic rings. The van der Waals surface area contributed by atoms with E-state index in [0.717, 1.165) is 25.9 Å². The number of rotatable bonds is 7.